The van der Waals surface area contributed by atoms with Crippen LogP contribution in [0.15, 0.2) is 53.6 Å². The number of hydrogen-bond donors (Lipinski definition) is 1. The van der Waals surface area contributed by atoms with Gasteiger partial charge in [-0.3, -0.25) is 4.57 Å². The first-order chi connectivity index (χ1) is 19.3. The molecule has 0 radical (unpaired) electrons. The lowest BCUT2D eigenvalue weighted by molar-refractivity contribution is 0.0695. The number of halogens is 2. The molecule has 0 atom stereocenters. The summed E-state index contributed by atoms with van der Waals surface area (Å²) in [5, 5.41) is 14.2. The molecule has 0 amide bonds. The number of carbonyl (C=O) groups is 1. The van der Waals surface area contributed by atoms with Gasteiger partial charge < -0.3 is 19.3 Å². The Morgan fingerprint density at radius 2 is 1.88 bits per heavy atom. The Labute approximate surface area is 226 Å². The van der Waals surface area contributed by atoms with Gasteiger partial charge in [0.25, 0.3) is 6.43 Å². The van der Waals surface area contributed by atoms with Gasteiger partial charge in [-0.1, -0.05) is 5.16 Å². The summed E-state index contributed by atoms with van der Waals surface area (Å²) in [5.41, 5.74) is 4.41. The van der Waals surface area contributed by atoms with Crippen molar-refractivity contribution in [1.29, 1.82) is 0 Å². The van der Waals surface area contributed by atoms with E-state index >= 15 is 0 Å². The van der Waals surface area contributed by atoms with Crippen LogP contribution in [0.25, 0.3) is 39.0 Å². The van der Waals surface area contributed by atoms with Crippen LogP contribution in [-0.4, -0.2) is 61.9 Å². The molecule has 0 spiro atoms. The zero-order chi connectivity index (χ0) is 28.0. The first kappa shape index (κ1) is 25.4. The molecule has 4 aromatic heterocycles. The number of anilines is 1. The SMILES string of the molecule is Cc1noc(C)c1-c1cnc2c(c1)c(-c1ccc(C(=O)O)cc1OCC(F)F)cn2-c1cnc(N2CCC2)nc1. The molecule has 1 aliphatic rings. The van der Waals surface area contributed by atoms with Crippen LogP contribution in [0.5, 0.6) is 5.75 Å². The summed E-state index contributed by atoms with van der Waals surface area (Å²) in [6.07, 6.45) is 5.28. The van der Waals surface area contributed by atoms with Crippen LogP contribution in [0, 0.1) is 13.8 Å². The Kier molecular flexibility index (Phi) is 6.37. The molecule has 1 N–H and O–H groups in total. The van der Waals surface area contributed by atoms with E-state index in [4.69, 9.17) is 14.2 Å². The molecule has 5 heterocycles. The number of aromatic carboxylic acids is 1. The van der Waals surface area contributed by atoms with Gasteiger partial charge in [0.2, 0.25) is 5.95 Å². The highest BCUT2D eigenvalue weighted by Gasteiger charge is 2.22. The van der Waals surface area contributed by atoms with Gasteiger partial charge in [-0.25, -0.2) is 28.5 Å². The molecule has 1 aliphatic heterocycles. The molecule has 204 valence electrons. The Hall–Kier alpha value is -4.87. The highest BCUT2D eigenvalue weighted by molar-refractivity contribution is 5.99. The first-order valence-electron chi connectivity index (χ1n) is 12.6. The third kappa shape index (κ3) is 4.51. The lowest BCUT2D eigenvalue weighted by Gasteiger charge is -2.30. The maximum Gasteiger partial charge on any atom is 0.335 e. The quantitative estimate of drug-likeness (QED) is 0.276. The van der Waals surface area contributed by atoms with Crippen LogP contribution in [0.3, 0.4) is 0 Å². The fraction of sp³-hybridized carbons (Fsp3) is 0.250. The molecule has 40 heavy (non-hydrogen) atoms. The van der Waals surface area contributed by atoms with E-state index < -0.39 is 19.0 Å². The van der Waals surface area contributed by atoms with E-state index in [0.29, 0.717) is 45.3 Å². The standard InChI is InChI=1S/C28H24F2N6O4/c1-15-25(16(2)40-34-15)18-8-21-22(20-5-4-17(27(37)38)9-23(20)39-14-24(29)30)13-36(26(21)31-10-18)19-11-32-28(33-12-19)35-6-3-7-35/h4-5,8-13,24H,3,6-7,14H2,1-2H3,(H,37,38). The van der Waals surface area contributed by atoms with Crippen LogP contribution in [0.2, 0.25) is 0 Å². The number of aromatic nitrogens is 5. The number of nitrogens with zero attached hydrogens (tertiary/aromatic N) is 6. The molecular formula is C28H24F2N6O4. The Balaban J connectivity index is 1.55. The summed E-state index contributed by atoms with van der Waals surface area (Å²) in [4.78, 5) is 27.5. The molecule has 1 aromatic carbocycles. The molecule has 0 unspecified atom stereocenters. The predicted molar refractivity (Wildman–Crippen MR) is 142 cm³/mol. The van der Waals surface area contributed by atoms with Crippen LogP contribution >= 0.6 is 0 Å². The third-order valence-electron chi connectivity index (χ3n) is 6.89. The summed E-state index contributed by atoms with van der Waals surface area (Å²) in [7, 11) is 0. The summed E-state index contributed by atoms with van der Waals surface area (Å²) >= 11 is 0. The van der Waals surface area contributed by atoms with Gasteiger partial charge in [0.15, 0.2) is 0 Å². The summed E-state index contributed by atoms with van der Waals surface area (Å²) in [5.74, 6) is 0.0951. The zero-order valence-electron chi connectivity index (χ0n) is 21.6. The molecule has 6 rings (SSSR count). The van der Waals surface area contributed by atoms with Crippen molar-refractivity contribution in [3.05, 3.63) is 66.1 Å². The Morgan fingerprint density at radius 3 is 2.50 bits per heavy atom. The Morgan fingerprint density at radius 1 is 1.10 bits per heavy atom. The minimum Gasteiger partial charge on any atom is -0.487 e. The van der Waals surface area contributed by atoms with Crippen molar-refractivity contribution in [2.75, 3.05) is 24.6 Å². The van der Waals surface area contributed by atoms with Gasteiger partial charge in [-0.2, -0.15) is 0 Å². The molecule has 0 aliphatic carbocycles. The van der Waals surface area contributed by atoms with Crippen LogP contribution < -0.4 is 9.64 Å². The average Bonchev–Trinajstić information content (AvgIpc) is 3.45. The van der Waals surface area contributed by atoms with E-state index in [1.807, 2.05) is 24.5 Å². The molecule has 0 saturated carbocycles. The van der Waals surface area contributed by atoms with Crippen molar-refractivity contribution in [2.45, 2.75) is 26.7 Å². The monoisotopic (exact) mass is 546 g/mol. The lowest BCUT2D eigenvalue weighted by atomic mass is 10.00. The van der Waals surface area contributed by atoms with E-state index in [9.17, 15) is 18.7 Å². The highest BCUT2D eigenvalue weighted by Crippen LogP contribution is 2.40. The largest absolute Gasteiger partial charge is 0.487 e. The number of alkyl halides is 2. The summed E-state index contributed by atoms with van der Waals surface area (Å²) in [6.45, 7) is 4.58. The average molecular weight is 547 g/mol. The third-order valence-corrected chi connectivity index (χ3v) is 6.89. The summed E-state index contributed by atoms with van der Waals surface area (Å²) < 4.78 is 38.8. The topological polar surface area (TPSA) is 119 Å². The van der Waals surface area contributed by atoms with Crippen molar-refractivity contribution >= 4 is 23.0 Å². The second kappa shape index (κ2) is 10.0. The van der Waals surface area contributed by atoms with Gasteiger partial charge in [0, 0.05) is 53.1 Å². The number of ether oxygens (including phenoxy) is 1. The van der Waals surface area contributed by atoms with E-state index in [1.165, 1.54) is 12.1 Å². The van der Waals surface area contributed by atoms with Gasteiger partial charge in [-0.15, -0.1) is 0 Å². The number of carboxylic acid groups (broad SMARTS) is 1. The van der Waals surface area contributed by atoms with Gasteiger partial charge in [-0.05, 0) is 44.5 Å². The van der Waals surface area contributed by atoms with Crippen molar-refractivity contribution in [1.82, 2.24) is 24.7 Å². The molecule has 1 fully saturated rings. The smallest absolute Gasteiger partial charge is 0.335 e. The number of carboxylic acids is 1. The Bertz CT molecular complexity index is 1710. The highest BCUT2D eigenvalue weighted by atomic mass is 19.3. The van der Waals surface area contributed by atoms with Crippen LogP contribution in [0.4, 0.5) is 14.7 Å². The van der Waals surface area contributed by atoms with Gasteiger partial charge in [0.05, 0.1) is 29.3 Å². The second-order valence-electron chi connectivity index (χ2n) is 9.51. The number of pyridine rings is 1. The predicted octanol–water partition coefficient (Wildman–Crippen LogP) is 5.31. The van der Waals surface area contributed by atoms with E-state index in [1.54, 1.807) is 30.9 Å². The van der Waals surface area contributed by atoms with Gasteiger partial charge in [0.1, 0.15) is 23.8 Å². The molecule has 5 aromatic rings. The molecule has 1 saturated heterocycles. The minimum atomic E-state index is -2.74. The number of hydrogen-bond acceptors (Lipinski definition) is 8. The fourth-order valence-corrected chi connectivity index (χ4v) is 4.82. The van der Waals surface area contributed by atoms with Crippen LogP contribution in [0.1, 0.15) is 28.2 Å². The van der Waals surface area contributed by atoms with Gasteiger partial charge >= 0.3 is 5.97 Å². The maximum atomic E-state index is 13.1. The lowest BCUT2D eigenvalue weighted by Crippen LogP contribution is -2.38. The minimum absolute atomic E-state index is 0.0198. The molecule has 12 heteroatoms. The zero-order valence-corrected chi connectivity index (χ0v) is 21.6. The van der Waals surface area contributed by atoms with Crippen LogP contribution in [-0.2, 0) is 0 Å². The van der Waals surface area contributed by atoms with Crippen molar-refractivity contribution < 1.29 is 27.9 Å². The number of fused-ring (bicyclic) bond motifs is 1. The number of benzene rings is 1. The van der Waals surface area contributed by atoms with Crippen molar-refractivity contribution in [3.63, 3.8) is 0 Å². The summed E-state index contributed by atoms with van der Waals surface area (Å²) in [6, 6.07) is 6.12. The number of aryl methyl sites for hydroxylation is 2. The van der Waals surface area contributed by atoms with E-state index in [-0.39, 0.29) is 11.3 Å². The fourth-order valence-electron chi connectivity index (χ4n) is 4.82. The van der Waals surface area contributed by atoms with Crippen molar-refractivity contribution in [2.24, 2.45) is 0 Å². The normalized spacial score (nSPS) is 13.2. The second-order valence-corrected chi connectivity index (χ2v) is 9.51. The molecule has 10 nitrogen and oxygen atoms in total. The maximum absolute atomic E-state index is 13.1. The van der Waals surface area contributed by atoms with E-state index in [2.05, 4.69) is 20.0 Å². The molecular weight excluding hydrogens is 522 g/mol. The number of rotatable bonds is 8. The molecule has 0 bridgehead atoms. The van der Waals surface area contributed by atoms with E-state index in [0.717, 1.165) is 30.6 Å². The van der Waals surface area contributed by atoms with Crippen molar-refractivity contribution in [3.8, 4) is 33.7 Å². The first-order valence-corrected chi connectivity index (χ1v) is 12.6.